The number of aromatic nitrogens is 4. The average molecular weight is 507 g/mol. The highest BCUT2D eigenvalue weighted by Gasteiger charge is 2.34. The molecule has 35 heavy (non-hydrogen) atoms. The van der Waals surface area contributed by atoms with Gasteiger partial charge in [-0.2, -0.15) is 0 Å². The van der Waals surface area contributed by atoms with Crippen LogP contribution in [0.4, 0.5) is 5.95 Å². The zero-order chi connectivity index (χ0) is 22.4. The van der Waals surface area contributed by atoms with Gasteiger partial charge in [-0.3, -0.25) is 4.40 Å². The van der Waals surface area contributed by atoms with Gasteiger partial charge in [-0.25, -0.2) is 4.98 Å². The van der Waals surface area contributed by atoms with Crippen LogP contribution in [-0.2, 0) is 5.54 Å². The van der Waals surface area contributed by atoms with E-state index in [2.05, 4.69) is 70.1 Å². The highest BCUT2D eigenvalue weighted by molar-refractivity contribution is 5.98. The van der Waals surface area contributed by atoms with Gasteiger partial charge < -0.3 is 11.1 Å². The van der Waals surface area contributed by atoms with Gasteiger partial charge in [0.1, 0.15) is 0 Å². The first-order valence-electron chi connectivity index (χ1n) is 11.5. The van der Waals surface area contributed by atoms with Gasteiger partial charge in [0.25, 0.3) is 0 Å². The number of benzene rings is 2. The largest absolute Gasteiger partial charge is 0.354 e. The quantitative estimate of drug-likeness (QED) is 0.295. The fourth-order valence-corrected chi connectivity index (χ4v) is 4.74. The Labute approximate surface area is 216 Å². The first-order chi connectivity index (χ1) is 16.2. The number of hydrogen-bond donors (Lipinski definition) is 2. The highest BCUT2D eigenvalue weighted by atomic mass is 35.5. The molecule has 1 fully saturated rings. The second-order valence-electron chi connectivity index (χ2n) is 8.83. The van der Waals surface area contributed by atoms with E-state index in [1.807, 2.05) is 29.7 Å². The van der Waals surface area contributed by atoms with Crippen molar-refractivity contribution in [2.45, 2.75) is 31.7 Å². The Morgan fingerprint density at radius 2 is 1.69 bits per heavy atom. The number of nitrogens with two attached hydrogens (primary N) is 1. The summed E-state index contributed by atoms with van der Waals surface area (Å²) in [6.45, 7) is 2.83. The molecule has 0 bridgehead atoms. The molecule has 5 aromatic rings. The molecule has 0 saturated heterocycles. The van der Waals surface area contributed by atoms with Crippen molar-refractivity contribution < 1.29 is 0 Å². The number of hydrogen-bond acceptors (Lipinski definition) is 5. The molecule has 0 amide bonds. The Balaban J connectivity index is 0.00000144. The summed E-state index contributed by atoms with van der Waals surface area (Å²) < 4.78 is 1.98. The Hall–Kier alpha value is -3.19. The molecule has 0 unspecified atom stereocenters. The van der Waals surface area contributed by atoms with Gasteiger partial charge in [-0.1, -0.05) is 54.6 Å². The molecule has 3 aromatic heterocycles. The number of halogens is 2. The van der Waals surface area contributed by atoms with Crippen molar-refractivity contribution in [1.82, 2.24) is 19.6 Å². The van der Waals surface area contributed by atoms with E-state index in [4.69, 9.17) is 10.7 Å². The summed E-state index contributed by atoms with van der Waals surface area (Å²) in [5, 5.41) is 13.0. The summed E-state index contributed by atoms with van der Waals surface area (Å²) in [5.41, 5.74) is 13.5. The van der Waals surface area contributed by atoms with Crippen molar-refractivity contribution in [2.24, 2.45) is 5.73 Å². The molecule has 1 saturated carbocycles. The lowest BCUT2D eigenvalue weighted by Gasteiger charge is -2.38. The van der Waals surface area contributed by atoms with Crippen LogP contribution in [0.3, 0.4) is 0 Å². The molecule has 8 heteroatoms. The van der Waals surface area contributed by atoms with Crippen LogP contribution in [0.15, 0.2) is 72.9 Å². The third-order valence-electron chi connectivity index (χ3n) is 6.77. The van der Waals surface area contributed by atoms with E-state index in [0.717, 1.165) is 64.3 Å². The lowest BCUT2D eigenvalue weighted by Crippen LogP contribution is -2.43. The maximum atomic E-state index is 6.55. The molecule has 180 valence electrons. The molecule has 0 aliphatic heterocycles. The summed E-state index contributed by atoms with van der Waals surface area (Å²) >= 11 is 0. The summed E-state index contributed by atoms with van der Waals surface area (Å²) in [7, 11) is 0. The number of fused-ring (bicyclic) bond motifs is 3. The molecule has 3 N–H and O–H groups in total. The molecular formula is C27H28Cl2N6. The van der Waals surface area contributed by atoms with Crippen molar-refractivity contribution >= 4 is 47.3 Å². The van der Waals surface area contributed by atoms with Gasteiger partial charge in [-0.15, -0.1) is 35.0 Å². The smallest absolute Gasteiger partial charge is 0.229 e. The first-order valence-corrected chi connectivity index (χ1v) is 11.5. The fraction of sp³-hybridized carbons (Fsp3) is 0.222. The second kappa shape index (κ2) is 9.82. The monoisotopic (exact) mass is 506 g/mol. The molecule has 6 rings (SSSR count). The second-order valence-corrected chi connectivity index (χ2v) is 8.83. The fourth-order valence-electron chi connectivity index (χ4n) is 4.74. The topological polar surface area (TPSA) is 81.1 Å². The molecule has 0 radical (unpaired) electrons. The van der Waals surface area contributed by atoms with E-state index >= 15 is 0 Å². The predicted octanol–water partition coefficient (Wildman–Crippen LogP) is 6.22. The van der Waals surface area contributed by atoms with Crippen LogP contribution in [0.2, 0.25) is 0 Å². The molecule has 1 aliphatic carbocycles. The summed E-state index contributed by atoms with van der Waals surface area (Å²) in [5.74, 6) is 0.738. The van der Waals surface area contributed by atoms with E-state index in [1.165, 1.54) is 12.0 Å². The third kappa shape index (κ3) is 4.22. The van der Waals surface area contributed by atoms with Crippen LogP contribution in [0.25, 0.3) is 38.9 Å². The standard InChI is InChI=1S/C27H26N6.2ClH/c1-2-29-26-32-31-25-22-17-21(18-7-4-3-5-8-18)24(30-23(22)13-16-33(25)26)19-9-11-20(12-10-19)27(28)14-6-15-27;;/h3-5,7-13,16-17H,2,6,14-15,28H2,1H3,(H,29,32);2*1H. The van der Waals surface area contributed by atoms with Crippen LogP contribution < -0.4 is 11.1 Å². The van der Waals surface area contributed by atoms with Crippen LogP contribution in [0.1, 0.15) is 31.7 Å². The molecule has 6 nitrogen and oxygen atoms in total. The molecule has 2 aromatic carbocycles. The third-order valence-corrected chi connectivity index (χ3v) is 6.77. The van der Waals surface area contributed by atoms with E-state index in [-0.39, 0.29) is 30.4 Å². The van der Waals surface area contributed by atoms with Gasteiger partial charge >= 0.3 is 0 Å². The molecular weight excluding hydrogens is 479 g/mol. The Morgan fingerprint density at radius 3 is 2.34 bits per heavy atom. The lowest BCUT2D eigenvalue weighted by atomic mass is 9.72. The Morgan fingerprint density at radius 1 is 0.943 bits per heavy atom. The average Bonchev–Trinajstić information content (AvgIpc) is 3.26. The van der Waals surface area contributed by atoms with E-state index in [0.29, 0.717) is 0 Å². The maximum absolute atomic E-state index is 6.55. The van der Waals surface area contributed by atoms with Crippen molar-refractivity contribution in [3.05, 3.63) is 78.5 Å². The predicted molar refractivity (Wildman–Crippen MR) is 148 cm³/mol. The van der Waals surface area contributed by atoms with Gasteiger partial charge in [-0.05, 0) is 49.4 Å². The number of rotatable bonds is 5. The molecule has 1 aliphatic rings. The molecule has 0 spiro atoms. The highest BCUT2D eigenvalue weighted by Crippen LogP contribution is 2.40. The lowest BCUT2D eigenvalue weighted by molar-refractivity contribution is 0.253. The van der Waals surface area contributed by atoms with Crippen molar-refractivity contribution in [2.75, 3.05) is 11.9 Å². The van der Waals surface area contributed by atoms with Crippen LogP contribution >= 0.6 is 24.8 Å². The van der Waals surface area contributed by atoms with Gasteiger partial charge in [0, 0.05) is 34.8 Å². The number of nitrogens with zero attached hydrogens (tertiary/aromatic N) is 4. The van der Waals surface area contributed by atoms with Crippen LogP contribution in [0.5, 0.6) is 0 Å². The van der Waals surface area contributed by atoms with Crippen molar-refractivity contribution in [3.8, 4) is 22.4 Å². The van der Waals surface area contributed by atoms with E-state index < -0.39 is 0 Å². The molecule has 3 heterocycles. The van der Waals surface area contributed by atoms with E-state index in [1.54, 1.807) is 0 Å². The van der Waals surface area contributed by atoms with E-state index in [9.17, 15) is 0 Å². The van der Waals surface area contributed by atoms with Crippen LogP contribution in [0, 0.1) is 0 Å². The number of anilines is 1. The minimum absolute atomic E-state index is 0. The Bertz CT molecular complexity index is 1460. The molecule has 0 atom stereocenters. The normalized spacial score (nSPS) is 14.1. The maximum Gasteiger partial charge on any atom is 0.229 e. The zero-order valence-corrected chi connectivity index (χ0v) is 21.1. The van der Waals surface area contributed by atoms with Crippen molar-refractivity contribution in [3.63, 3.8) is 0 Å². The summed E-state index contributed by atoms with van der Waals surface area (Å²) in [6, 6.07) is 23.3. The van der Waals surface area contributed by atoms with Crippen LogP contribution in [-0.4, -0.2) is 26.1 Å². The van der Waals surface area contributed by atoms with Crippen molar-refractivity contribution in [1.29, 1.82) is 0 Å². The minimum Gasteiger partial charge on any atom is -0.354 e. The SMILES string of the molecule is CCNc1nnc2c3cc(-c4ccccc4)c(-c4ccc(C5(N)CCC5)cc4)nc3ccn12.Cl.Cl. The summed E-state index contributed by atoms with van der Waals surface area (Å²) in [6.07, 6.45) is 5.29. The number of nitrogens with one attached hydrogen (secondary N) is 1. The van der Waals surface area contributed by atoms with Gasteiger partial charge in [0.05, 0.1) is 11.2 Å². The minimum atomic E-state index is -0.166. The number of pyridine rings is 2. The Kier molecular flexibility index (Phi) is 6.99. The first kappa shape index (κ1) is 24.9. The van der Waals surface area contributed by atoms with Gasteiger partial charge in [0.2, 0.25) is 5.95 Å². The zero-order valence-electron chi connectivity index (χ0n) is 19.4. The summed E-state index contributed by atoms with van der Waals surface area (Å²) in [4.78, 5) is 5.12. The van der Waals surface area contributed by atoms with Gasteiger partial charge in [0.15, 0.2) is 5.65 Å².